The minimum absolute atomic E-state index is 0.125. The molecule has 0 aliphatic heterocycles. The van der Waals surface area contributed by atoms with Crippen LogP contribution in [-0.2, 0) is 17.6 Å². The van der Waals surface area contributed by atoms with Crippen molar-refractivity contribution >= 4 is 5.78 Å². The van der Waals surface area contributed by atoms with E-state index in [9.17, 15) is 9.18 Å². The molecule has 1 aliphatic rings. The van der Waals surface area contributed by atoms with Crippen molar-refractivity contribution in [3.63, 3.8) is 0 Å². The second-order valence-electron chi connectivity index (χ2n) is 4.19. The molecule has 1 aromatic rings. The summed E-state index contributed by atoms with van der Waals surface area (Å²) in [6.45, 7) is 4.05. The summed E-state index contributed by atoms with van der Waals surface area (Å²) in [4.78, 5) is 11.2. The van der Waals surface area contributed by atoms with Gasteiger partial charge in [0.05, 0.1) is 0 Å². The molecule has 0 N–H and O–H groups in total. The Bertz CT molecular complexity index is 394. The van der Waals surface area contributed by atoms with E-state index in [-0.39, 0.29) is 18.0 Å². The number of halogens is 1. The average Bonchev–Trinajstić information content (AvgIpc) is 2.45. The Balaban J connectivity index is 2.51. The lowest BCUT2D eigenvalue weighted by atomic mass is 9.98. The van der Waals surface area contributed by atoms with Gasteiger partial charge in [0.15, 0.2) is 0 Å². The van der Waals surface area contributed by atoms with Gasteiger partial charge in [-0.3, -0.25) is 4.79 Å². The van der Waals surface area contributed by atoms with Crippen molar-refractivity contribution < 1.29 is 9.18 Å². The highest BCUT2D eigenvalue weighted by Gasteiger charge is 2.22. The first-order valence-electron chi connectivity index (χ1n) is 4.91. The predicted molar refractivity (Wildman–Crippen MR) is 52.9 cm³/mol. The van der Waals surface area contributed by atoms with Crippen LogP contribution in [0.15, 0.2) is 12.1 Å². The number of carbonyl (C=O) groups is 1. The van der Waals surface area contributed by atoms with Gasteiger partial charge in [-0.2, -0.15) is 0 Å². The molecule has 1 nitrogen and oxygen atoms in total. The van der Waals surface area contributed by atoms with Crippen molar-refractivity contribution in [1.82, 2.24) is 0 Å². The van der Waals surface area contributed by atoms with Gasteiger partial charge in [0.2, 0.25) is 0 Å². The summed E-state index contributed by atoms with van der Waals surface area (Å²) in [5.41, 5.74) is 2.48. The Kier molecular flexibility index (Phi) is 2.14. The zero-order valence-electron chi connectivity index (χ0n) is 8.43. The van der Waals surface area contributed by atoms with Gasteiger partial charge in [-0.15, -0.1) is 0 Å². The number of fused-ring (bicyclic) bond motifs is 1. The molecule has 0 heterocycles. The second kappa shape index (κ2) is 3.19. The van der Waals surface area contributed by atoms with E-state index >= 15 is 0 Å². The molecule has 2 heteroatoms. The summed E-state index contributed by atoms with van der Waals surface area (Å²) >= 11 is 0. The molecule has 0 radical (unpaired) electrons. The maximum atomic E-state index is 13.5. The molecule has 0 spiro atoms. The van der Waals surface area contributed by atoms with Gasteiger partial charge in [0.25, 0.3) is 0 Å². The fourth-order valence-corrected chi connectivity index (χ4v) is 1.88. The fraction of sp³-hybridized carbons (Fsp3) is 0.417. The van der Waals surface area contributed by atoms with Crippen LogP contribution in [0, 0.1) is 5.82 Å². The van der Waals surface area contributed by atoms with E-state index in [1.165, 1.54) is 0 Å². The lowest BCUT2D eigenvalue weighted by Gasteiger charge is -2.08. The molecular formula is C12H13FO. The average molecular weight is 192 g/mol. The molecule has 0 unspecified atom stereocenters. The van der Waals surface area contributed by atoms with E-state index in [0.29, 0.717) is 17.9 Å². The number of benzene rings is 1. The third-order valence-corrected chi connectivity index (χ3v) is 2.74. The smallest absolute Gasteiger partial charge is 0.141 e. The molecule has 0 fully saturated rings. The van der Waals surface area contributed by atoms with Crippen molar-refractivity contribution in [3.8, 4) is 0 Å². The van der Waals surface area contributed by atoms with Crippen LogP contribution in [0.1, 0.15) is 36.5 Å². The zero-order chi connectivity index (χ0) is 10.3. The van der Waals surface area contributed by atoms with Crippen LogP contribution in [0.5, 0.6) is 0 Å². The van der Waals surface area contributed by atoms with Gasteiger partial charge in [0.1, 0.15) is 11.6 Å². The molecule has 1 aliphatic carbocycles. The quantitative estimate of drug-likeness (QED) is 0.668. The summed E-state index contributed by atoms with van der Waals surface area (Å²) in [6, 6.07) is 3.52. The van der Waals surface area contributed by atoms with Gasteiger partial charge in [0, 0.05) is 12.8 Å². The standard InChI is InChI=1S/C12H13FO/c1-7(2)8-3-9-4-10(14)6-11(9)12(13)5-8/h3,5,7H,4,6H2,1-2H3. The van der Waals surface area contributed by atoms with Crippen LogP contribution in [0.25, 0.3) is 0 Å². The Labute approximate surface area is 82.9 Å². The number of carbonyl (C=O) groups excluding carboxylic acids is 1. The minimum atomic E-state index is -0.211. The van der Waals surface area contributed by atoms with E-state index in [1.54, 1.807) is 6.07 Å². The van der Waals surface area contributed by atoms with Crippen LogP contribution in [0.4, 0.5) is 4.39 Å². The van der Waals surface area contributed by atoms with Crippen LogP contribution >= 0.6 is 0 Å². The number of hydrogen-bond donors (Lipinski definition) is 0. The molecule has 0 atom stereocenters. The third kappa shape index (κ3) is 1.45. The van der Waals surface area contributed by atoms with Crippen molar-refractivity contribution in [1.29, 1.82) is 0 Å². The monoisotopic (exact) mass is 192 g/mol. The second-order valence-corrected chi connectivity index (χ2v) is 4.19. The zero-order valence-corrected chi connectivity index (χ0v) is 8.43. The highest BCUT2D eigenvalue weighted by molar-refractivity contribution is 5.88. The van der Waals surface area contributed by atoms with Crippen LogP contribution < -0.4 is 0 Å². The first kappa shape index (κ1) is 9.38. The van der Waals surface area contributed by atoms with Gasteiger partial charge < -0.3 is 0 Å². The van der Waals surface area contributed by atoms with E-state index in [0.717, 1.165) is 11.1 Å². The topological polar surface area (TPSA) is 17.1 Å². The molecule has 14 heavy (non-hydrogen) atoms. The molecule has 0 aromatic heterocycles. The Morgan fingerprint density at radius 3 is 2.64 bits per heavy atom. The number of Topliss-reactive ketones (excluding diaryl/α,β-unsaturated/α-hetero) is 1. The van der Waals surface area contributed by atoms with E-state index in [1.807, 2.05) is 19.9 Å². The molecule has 0 amide bonds. The summed E-state index contributed by atoms with van der Waals surface area (Å²) in [6.07, 6.45) is 0.687. The summed E-state index contributed by atoms with van der Waals surface area (Å²) in [7, 11) is 0. The fourth-order valence-electron chi connectivity index (χ4n) is 1.88. The maximum Gasteiger partial charge on any atom is 0.141 e. The molecule has 0 bridgehead atoms. The molecule has 74 valence electrons. The molecule has 0 saturated heterocycles. The lowest BCUT2D eigenvalue weighted by molar-refractivity contribution is -0.117. The highest BCUT2D eigenvalue weighted by atomic mass is 19.1. The van der Waals surface area contributed by atoms with Crippen molar-refractivity contribution in [2.24, 2.45) is 0 Å². The predicted octanol–water partition coefficient (Wildman–Crippen LogP) is 2.62. The van der Waals surface area contributed by atoms with Crippen molar-refractivity contribution in [2.45, 2.75) is 32.6 Å². The lowest BCUT2D eigenvalue weighted by Crippen LogP contribution is -1.95. The number of ketones is 1. The Morgan fingerprint density at radius 2 is 2.00 bits per heavy atom. The van der Waals surface area contributed by atoms with Crippen molar-refractivity contribution in [3.05, 3.63) is 34.6 Å². The van der Waals surface area contributed by atoms with Gasteiger partial charge in [-0.1, -0.05) is 19.9 Å². The van der Waals surface area contributed by atoms with Gasteiger partial charge in [-0.25, -0.2) is 4.39 Å². The first-order valence-corrected chi connectivity index (χ1v) is 4.91. The summed E-state index contributed by atoms with van der Waals surface area (Å²) < 4.78 is 13.5. The highest BCUT2D eigenvalue weighted by Crippen LogP contribution is 2.27. The Morgan fingerprint density at radius 1 is 1.29 bits per heavy atom. The van der Waals surface area contributed by atoms with Gasteiger partial charge >= 0.3 is 0 Å². The van der Waals surface area contributed by atoms with Crippen LogP contribution in [-0.4, -0.2) is 5.78 Å². The number of hydrogen-bond acceptors (Lipinski definition) is 1. The molecule has 0 saturated carbocycles. The third-order valence-electron chi connectivity index (χ3n) is 2.74. The maximum absolute atomic E-state index is 13.5. The van der Waals surface area contributed by atoms with E-state index in [4.69, 9.17) is 0 Å². The largest absolute Gasteiger partial charge is 0.299 e. The van der Waals surface area contributed by atoms with Crippen LogP contribution in [0.3, 0.4) is 0 Å². The molecule has 1 aromatic carbocycles. The SMILES string of the molecule is CC(C)c1cc(F)c2c(c1)CC(=O)C2. The first-order chi connectivity index (χ1) is 6.58. The minimum Gasteiger partial charge on any atom is -0.299 e. The van der Waals surface area contributed by atoms with E-state index in [2.05, 4.69) is 0 Å². The molecular weight excluding hydrogens is 179 g/mol. The van der Waals surface area contributed by atoms with E-state index < -0.39 is 0 Å². The van der Waals surface area contributed by atoms with Crippen molar-refractivity contribution in [2.75, 3.05) is 0 Å². The molecule has 2 rings (SSSR count). The van der Waals surface area contributed by atoms with Crippen LogP contribution in [0.2, 0.25) is 0 Å². The normalized spacial score (nSPS) is 15.0. The summed E-state index contributed by atoms with van der Waals surface area (Å²) in [5, 5.41) is 0. The Hall–Kier alpha value is -1.18. The number of rotatable bonds is 1. The summed E-state index contributed by atoms with van der Waals surface area (Å²) in [5.74, 6) is 0.224. The van der Waals surface area contributed by atoms with Gasteiger partial charge in [-0.05, 0) is 28.7 Å².